The first-order valence-electron chi connectivity index (χ1n) is 6.58. The van der Waals surface area contributed by atoms with Gasteiger partial charge in [-0.2, -0.15) is 0 Å². The number of carbonyl (C=O) groups is 2. The molecule has 114 valence electrons. The topological polar surface area (TPSA) is 69.6 Å². The van der Waals surface area contributed by atoms with Gasteiger partial charge in [0.25, 0.3) is 5.91 Å². The van der Waals surface area contributed by atoms with E-state index in [1.807, 2.05) is 0 Å². The van der Waals surface area contributed by atoms with E-state index in [0.717, 1.165) is 6.07 Å². The van der Waals surface area contributed by atoms with Crippen LogP contribution in [0.15, 0.2) is 18.2 Å². The molecule has 0 radical (unpaired) electrons. The van der Waals surface area contributed by atoms with Crippen LogP contribution in [0, 0.1) is 11.6 Å². The van der Waals surface area contributed by atoms with Crippen molar-refractivity contribution in [3.8, 4) is 0 Å². The van der Waals surface area contributed by atoms with E-state index in [2.05, 4.69) is 5.32 Å². The van der Waals surface area contributed by atoms with E-state index in [9.17, 15) is 23.5 Å². The molecule has 2 N–H and O–H groups in total. The largest absolute Gasteiger partial charge is 0.389 e. The van der Waals surface area contributed by atoms with E-state index in [0.29, 0.717) is 13.0 Å². The molecule has 21 heavy (non-hydrogen) atoms. The highest BCUT2D eigenvalue weighted by molar-refractivity contribution is 5.94. The van der Waals surface area contributed by atoms with Crippen LogP contribution in [-0.4, -0.2) is 47.1 Å². The standard InChI is InChI=1S/C14H16F2N2O3/c1-8(19)18-6-5-11(12(20)7-18)17-14(21)9-3-2-4-10(15)13(9)16/h2-4,11-12,20H,5-7H2,1H3,(H,17,21)/t11-,12-/m1/s1. The summed E-state index contributed by atoms with van der Waals surface area (Å²) < 4.78 is 26.6. The molecule has 2 rings (SSSR count). The second kappa shape index (κ2) is 6.17. The molecule has 0 bridgehead atoms. The first kappa shape index (κ1) is 15.4. The number of amides is 2. The van der Waals surface area contributed by atoms with Gasteiger partial charge in [-0.3, -0.25) is 9.59 Å². The first-order chi connectivity index (χ1) is 9.90. The molecule has 2 amide bonds. The Morgan fingerprint density at radius 1 is 1.38 bits per heavy atom. The quantitative estimate of drug-likeness (QED) is 0.843. The Bertz CT molecular complexity index is 565. The predicted molar refractivity (Wildman–Crippen MR) is 70.5 cm³/mol. The van der Waals surface area contributed by atoms with Crippen molar-refractivity contribution in [2.24, 2.45) is 0 Å². The normalized spacial score (nSPS) is 22.0. The number of benzene rings is 1. The smallest absolute Gasteiger partial charge is 0.254 e. The average Bonchev–Trinajstić information content (AvgIpc) is 2.43. The molecule has 1 aliphatic heterocycles. The highest BCUT2D eigenvalue weighted by Crippen LogP contribution is 2.15. The third kappa shape index (κ3) is 3.36. The number of aliphatic hydroxyl groups is 1. The summed E-state index contributed by atoms with van der Waals surface area (Å²) in [4.78, 5) is 24.6. The molecule has 5 nitrogen and oxygen atoms in total. The van der Waals surface area contributed by atoms with E-state index < -0.39 is 35.3 Å². The van der Waals surface area contributed by atoms with Crippen molar-refractivity contribution in [1.29, 1.82) is 0 Å². The van der Waals surface area contributed by atoms with Gasteiger partial charge in [-0.1, -0.05) is 6.07 Å². The van der Waals surface area contributed by atoms with Crippen LogP contribution in [0.25, 0.3) is 0 Å². The van der Waals surface area contributed by atoms with Crippen molar-refractivity contribution >= 4 is 11.8 Å². The third-order valence-corrected chi connectivity index (χ3v) is 3.54. The molecule has 2 atom stereocenters. The summed E-state index contributed by atoms with van der Waals surface area (Å²) >= 11 is 0. The van der Waals surface area contributed by atoms with Gasteiger partial charge >= 0.3 is 0 Å². The van der Waals surface area contributed by atoms with Crippen molar-refractivity contribution in [2.75, 3.05) is 13.1 Å². The van der Waals surface area contributed by atoms with Crippen LogP contribution >= 0.6 is 0 Å². The molecule has 1 aromatic rings. The lowest BCUT2D eigenvalue weighted by Gasteiger charge is -2.35. The molecule has 1 aliphatic rings. The summed E-state index contributed by atoms with van der Waals surface area (Å²) in [6, 6.07) is 2.73. The van der Waals surface area contributed by atoms with Crippen LogP contribution in [0.1, 0.15) is 23.7 Å². The molecule has 0 spiro atoms. The Morgan fingerprint density at radius 2 is 2.10 bits per heavy atom. The first-order valence-corrected chi connectivity index (χ1v) is 6.58. The maximum Gasteiger partial charge on any atom is 0.254 e. The molecule has 1 fully saturated rings. The Kier molecular flexibility index (Phi) is 4.52. The van der Waals surface area contributed by atoms with Gasteiger partial charge in [0.1, 0.15) is 0 Å². The number of hydrogen-bond acceptors (Lipinski definition) is 3. The van der Waals surface area contributed by atoms with Gasteiger partial charge in [0.05, 0.1) is 17.7 Å². The molecule has 0 aliphatic carbocycles. The summed E-state index contributed by atoms with van der Waals surface area (Å²) in [5.41, 5.74) is -0.406. The monoisotopic (exact) mass is 298 g/mol. The predicted octanol–water partition coefficient (Wildman–Crippen LogP) is 0.676. The zero-order valence-electron chi connectivity index (χ0n) is 11.5. The number of nitrogens with one attached hydrogen (secondary N) is 1. The third-order valence-electron chi connectivity index (χ3n) is 3.54. The van der Waals surface area contributed by atoms with Crippen LogP contribution < -0.4 is 5.32 Å². The lowest BCUT2D eigenvalue weighted by molar-refractivity contribution is -0.132. The molecular weight excluding hydrogens is 282 g/mol. The minimum absolute atomic E-state index is 0.103. The van der Waals surface area contributed by atoms with Gasteiger partial charge in [-0.05, 0) is 18.6 Å². The van der Waals surface area contributed by atoms with Gasteiger partial charge < -0.3 is 15.3 Å². The van der Waals surface area contributed by atoms with E-state index >= 15 is 0 Å². The number of hydrogen-bond donors (Lipinski definition) is 2. The summed E-state index contributed by atoms with van der Waals surface area (Å²) in [6.45, 7) is 1.89. The highest BCUT2D eigenvalue weighted by atomic mass is 19.2. The van der Waals surface area contributed by atoms with Gasteiger partial charge in [0, 0.05) is 20.0 Å². The molecular formula is C14H16F2N2O3. The number of rotatable bonds is 2. The van der Waals surface area contributed by atoms with E-state index in [4.69, 9.17) is 0 Å². The number of carbonyl (C=O) groups excluding carboxylic acids is 2. The molecule has 1 saturated heterocycles. The SMILES string of the molecule is CC(=O)N1CC[C@@H](NC(=O)c2cccc(F)c2F)[C@H](O)C1. The molecule has 7 heteroatoms. The number of nitrogens with zero attached hydrogens (tertiary/aromatic N) is 1. The van der Waals surface area contributed by atoms with Crippen molar-refractivity contribution in [1.82, 2.24) is 10.2 Å². The van der Waals surface area contributed by atoms with Crippen LogP contribution in [0.4, 0.5) is 8.78 Å². The van der Waals surface area contributed by atoms with Crippen molar-refractivity contribution < 1.29 is 23.5 Å². The molecule has 1 heterocycles. The fourth-order valence-electron chi connectivity index (χ4n) is 2.31. The van der Waals surface area contributed by atoms with Crippen LogP contribution in [0.5, 0.6) is 0 Å². The van der Waals surface area contributed by atoms with Gasteiger partial charge in [-0.25, -0.2) is 8.78 Å². The lowest BCUT2D eigenvalue weighted by atomic mass is 10.0. The maximum absolute atomic E-state index is 13.5. The van der Waals surface area contributed by atoms with Gasteiger partial charge in [-0.15, -0.1) is 0 Å². The fourth-order valence-corrected chi connectivity index (χ4v) is 2.31. The molecule has 0 aromatic heterocycles. The van der Waals surface area contributed by atoms with Crippen molar-refractivity contribution in [3.05, 3.63) is 35.4 Å². The van der Waals surface area contributed by atoms with Gasteiger partial charge in [0.2, 0.25) is 5.91 Å². The second-order valence-corrected chi connectivity index (χ2v) is 5.00. The molecule has 1 aromatic carbocycles. The number of piperidine rings is 1. The minimum atomic E-state index is -1.22. The van der Waals surface area contributed by atoms with Crippen LogP contribution in [0.2, 0.25) is 0 Å². The number of aliphatic hydroxyl groups excluding tert-OH is 1. The summed E-state index contributed by atoms with van der Waals surface area (Å²) in [5.74, 6) is -3.26. The fraction of sp³-hybridized carbons (Fsp3) is 0.429. The zero-order chi connectivity index (χ0) is 15.6. The summed E-state index contributed by atoms with van der Waals surface area (Å²) in [7, 11) is 0. The zero-order valence-corrected chi connectivity index (χ0v) is 11.5. The highest BCUT2D eigenvalue weighted by Gasteiger charge is 2.30. The Balaban J connectivity index is 2.03. The van der Waals surface area contributed by atoms with Crippen molar-refractivity contribution in [3.63, 3.8) is 0 Å². The van der Waals surface area contributed by atoms with Gasteiger partial charge in [0.15, 0.2) is 11.6 Å². The Hall–Kier alpha value is -2.02. The number of likely N-dealkylation sites (tertiary alicyclic amines) is 1. The summed E-state index contributed by atoms with van der Waals surface area (Å²) in [6.07, 6.45) is -0.591. The van der Waals surface area contributed by atoms with Crippen LogP contribution in [0.3, 0.4) is 0 Å². The summed E-state index contributed by atoms with van der Waals surface area (Å²) in [5, 5.41) is 12.4. The number of β-amino-alcohol motifs (C(OH)–C–C–N with tert-alkyl or cyclic N) is 1. The second-order valence-electron chi connectivity index (χ2n) is 5.00. The van der Waals surface area contributed by atoms with Crippen molar-refractivity contribution in [2.45, 2.75) is 25.5 Å². The molecule has 0 unspecified atom stereocenters. The minimum Gasteiger partial charge on any atom is -0.389 e. The van der Waals surface area contributed by atoms with E-state index in [-0.39, 0.29) is 12.5 Å². The van der Waals surface area contributed by atoms with E-state index in [1.54, 1.807) is 0 Å². The van der Waals surface area contributed by atoms with Crippen LogP contribution in [-0.2, 0) is 4.79 Å². The lowest BCUT2D eigenvalue weighted by Crippen LogP contribution is -2.55. The van der Waals surface area contributed by atoms with E-state index in [1.165, 1.54) is 24.0 Å². The Labute approximate surface area is 120 Å². The Morgan fingerprint density at radius 3 is 2.71 bits per heavy atom. The average molecular weight is 298 g/mol. The molecule has 0 saturated carbocycles. The number of halogens is 2. The maximum atomic E-state index is 13.5.